The Labute approximate surface area is 68.8 Å². The predicted octanol–water partition coefficient (Wildman–Crippen LogP) is -1.22. The normalized spacial score (nSPS) is 10.9. The van der Waals surface area contributed by atoms with Crippen LogP contribution in [0.1, 0.15) is 6.42 Å². The van der Waals surface area contributed by atoms with E-state index in [2.05, 4.69) is 6.42 Å². The van der Waals surface area contributed by atoms with Crippen LogP contribution in [0.2, 0.25) is 0 Å². The number of hydrogen-bond acceptors (Lipinski definition) is 3. The molecule has 0 aliphatic rings. The minimum Gasteiger partial charge on any atom is -0.481 e. The first-order valence-electron chi connectivity index (χ1n) is 3.04. The van der Waals surface area contributed by atoms with Gasteiger partial charge in [-0.3, -0.25) is 9.59 Å². The van der Waals surface area contributed by atoms with Gasteiger partial charge in [-0.15, -0.1) is 6.42 Å². The second kappa shape index (κ2) is 4.91. The maximum Gasteiger partial charge on any atom is 0.305 e. The average Bonchev–Trinajstić information content (AvgIpc) is 2.02. The average molecular weight is 169 g/mol. The van der Waals surface area contributed by atoms with Crippen molar-refractivity contribution in [2.24, 2.45) is 0 Å². The van der Waals surface area contributed by atoms with Gasteiger partial charge in [-0.25, -0.2) is 0 Å². The third kappa shape index (κ3) is 4.06. The van der Waals surface area contributed by atoms with Gasteiger partial charge < -0.3 is 15.2 Å². The van der Waals surface area contributed by atoms with Gasteiger partial charge in [0.1, 0.15) is 6.29 Å². The highest BCUT2D eigenvalue weighted by molar-refractivity contribution is 5.94. The van der Waals surface area contributed by atoms with Crippen LogP contribution in [0.15, 0.2) is 0 Å². The quantitative estimate of drug-likeness (QED) is 0.408. The van der Waals surface area contributed by atoms with Gasteiger partial charge in [0.05, 0.1) is 12.5 Å². The molecule has 0 aromatic heterocycles. The van der Waals surface area contributed by atoms with Gasteiger partial charge in [-0.05, 0) is 5.92 Å². The minimum atomic E-state index is -1.18. The Kier molecular flexibility index (Phi) is 4.16. The van der Waals surface area contributed by atoms with Crippen molar-refractivity contribution in [1.29, 1.82) is 0 Å². The van der Waals surface area contributed by atoms with Crippen LogP contribution in [0.3, 0.4) is 0 Å². The molecule has 1 atom stereocenters. The van der Waals surface area contributed by atoms with E-state index in [1.54, 1.807) is 5.92 Å². The van der Waals surface area contributed by atoms with E-state index in [9.17, 15) is 14.4 Å². The van der Waals surface area contributed by atoms with Crippen molar-refractivity contribution in [3.05, 3.63) is 0 Å². The highest BCUT2D eigenvalue weighted by atomic mass is 16.4. The van der Waals surface area contributed by atoms with Gasteiger partial charge in [0.2, 0.25) is 0 Å². The molecule has 0 unspecified atom stereocenters. The summed E-state index contributed by atoms with van der Waals surface area (Å²) in [6.07, 6.45) is 4.54. The predicted molar refractivity (Wildman–Crippen MR) is 39.1 cm³/mol. The first-order valence-corrected chi connectivity index (χ1v) is 3.04. The zero-order valence-corrected chi connectivity index (χ0v) is 6.11. The lowest BCUT2D eigenvalue weighted by atomic mass is 10.2. The van der Waals surface area contributed by atoms with Gasteiger partial charge in [0.25, 0.3) is 5.91 Å². The van der Waals surface area contributed by atoms with E-state index in [-0.39, 0.29) is 0 Å². The number of aliphatic carboxylic acids is 1. The standard InChI is InChI=1S/C7H7NO4/c1-2-6(10)8-5(4-9)3-7(11)12/h1,4-5H,3H2,(H,8,10)(H,11,12)/t5-/m0/s1. The van der Waals surface area contributed by atoms with Crippen molar-refractivity contribution in [2.75, 3.05) is 0 Å². The van der Waals surface area contributed by atoms with Crippen LogP contribution in [-0.2, 0) is 14.4 Å². The summed E-state index contributed by atoms with van der Waals surface area (Å²) in [6, 6.07) is -1.05. The molecule has 0 aromatic carbocycles. The molecule has 2 N–H and O–H groups in total. The molecule has 0 rings (SSSR count). The summed E-state index contributed by atoms with van der Waals surface area (Å²) in [5, 5.41) is 10.3. The van der Waals surface area contributed by atoms with Crippen molar-refractivity contribution >= 4 is 18.2 Å². The Morgan fingerprint density at radius 3 is 2.58 bits per heavy atom. The van der Waals surface area contributed by atoms with E-state index in [1.165, 1.54) is 0 Å². The maximum atomic E-state index is 10.5. The molecule has 1 amide bonds. The van der Waals surface area contributed by atoms with Gasteiger partial charge in [-0.1, -0.05) is 0 Å². The van der Waals surface area contributed by atoms with Crippen LogP contribution in [0.5, 0.6) is 0 Å². The summed E-state index contributed by atoms with van der Waals surface area (Å²) in [4.78, 5) is 30.7. The number of carboxylic acid groups (broad SMARTS) is 1. The summed E-state index contributed by atoms with van der Waals surface area (Å²) >= 11 is 0. The number of carbonyl (C=O) groups excluding carboxylic acids is 2. The molecule has 5 heteroatoms. The minimum absolute atomic E-state index is 0.323. The molecule has 64 valence electrons. The largest absolute Gasteiger partial charge is 0.481 e. The molecule has 0 aliphatic heterocycles. The monoisotopic (exact) mass is 169 g/mol. The fourth-order valence-electron chi connectivity index (χ4n) is 0.531. The highest BCUT2D eigenvalue weighted by Crippen LogP contribution is 1.87. The number of carbonyl (C=O) groups is 3. The van der Waals surface area contributed by atoms with Crippen molar-refractivity contribution in [2.45, 2.75) is 12.5 Å². The molecule has 0 aliphatic carbocycles. The van der Waals surface area contributed by atoms with Crippen molar-refractivity contribution < 1.29 is 19.5 Å². The Morgan fingerprint density at radius 2 is 2.25 bits per heavy atom. The fraction of sp³-hybridized carbons (Fsp3) is 0.286. The molecular formula is C7H7NO4. The van der Waals surface area contributed by atoms with Crippen LogP contribution in [0, 0.1) is 12.3 Å². The number of hydrogen-bond donors (Lipinski definition) is 2. The van der Waals surface area contributed by atoms with Gasteiger partial charge in [0.15, 0.2) is 0 Å². The summed E-state index contributed by atoms with van der Waals surface area (Å²) in [5.74, 6) is -0.273. The third-order valence-corrected chi connectivity index (χ3v) is 1.01. The number of amides is 1. The Balaban J connectivity index is 4.01. The molecule has 5 nitrogen and oxygen atoms in total. The summed E-state index contributed by atoms with van der Waals surface area (Å²) < 4.78 is 0. The van der Waals surface area contributed by atoms with E-state index in [0.29, 0.717) is 6.29 Å². The van der Waals surface area contributed by atoms with E-state index in [0.717, 1.165) is 0 Å². The molecule has 0 saturated heterocycles. The van der Waals surface area contributed by atoms with Crippen LogP contribution in [0.4, 0.5) is 0 Å². The summed E-state index contributed by atoms with van der Waals surface area (Å²) in [5.41, 5.74) is 0. The molecule has 0 aromatic rings. The van der Waals surface area contributed by atoms with Crippen LogP contribution >= 0.6 is 0 Å². The smallest absolute Gasteiger partial charge is 0.305 e. The summed E-state index contributed by atoms with van der Waals surface area (Å²) in [6.45, 7) is 0. The molecule has 12 heavy (non-hydrogen) atoms. The topological polar surface area (TPSA) is 83.5 Å². The van der Waals surface area contributed by atoms with Crippen LogP contribution in [0.25, 0.3) is 0 Å². The van der Waals surface area contributed by atoms with E-state index < -0.39 is 24.3 Å². The molecule has 0 bridgehead atoms. The second-order valence-electron chi connectivity index (χ2n) is 1.96. The van der Waals surface area contributed by atoms with Crippen LogP contribution < -0.4 is 5.32 Å². The number of rotatable bonds is 4. The lowest BCUT2D eigenvalue weighted by molar-refractivity contribution is -0.138. The lowest BCUT2D eigenvalue weighted by Crippen LogP contribution is -2.36. The molecule has 0 radical (unpaired) electrons. The van der Waals surface area contributed by atoms with Crippen LogP contribution in [-0.4, -0.2) is 29.3 Å². The zero-order valence-electron chi connectivity index (χ0n) is 6.11. The number of nitrogens with one attached hydrogen (secondary N) is 1. The molecular weight excluding hydrogens is 162 g/mol. The van der Waals surface area contributed by atoms with Crippen molar-refractivity contribution in [1.82, 2.24) is 5.32 Å². The second-order valence-corrected chi connectivity index (χ2v) is 1.96. The first kappa shape index (κ1) is 10.2. The highest BCUT2D eigenvalue weighted by Gasteiger charge is 2.13. The summed E-state index contributed by atoms with van der Waals surface area (Å²) in [7, 11) is 0. The lowest BCUT2D eigenvalue weighted by Gasteiger charge is -2.05. The molecule has 0 fully saturated rings. The van der Waals surface area contributed by atoms with Gasteiger partial charge in [0, 0.05) is 0 Å². The van der Waals surface area contributed by atoms with E-state index in [1.807, 2.05) is 5.32 Å². The molecule has 0 spiro atoms. The molecule has 0 heterocycles. The number of terminal acetylenes is 1. The Hall–Kier alpha value is -1.83. The van der Waals surface area contributed by atoms with Crippen molar-refractivity contribution in [3.63, 3.8) is 0 Å². The Morgan fingerprint density at radius 1 is 1.67 bits per heavy atom. The Bertz CT molecular complexity index is 240. The van der Waals surface area contributed by atoms with Gasteiger partial charge >= 0.3 is 5.97 Å². The van der Waals surface area contributed by atoms with Gasteiger partial charge in [-0.2, -0.15) is 0 Å². The first-order chi connectivity index (χ1) is 5.60. The van der Waals surface area contributed by atoms with E-state index >= 15 is 0 Å². The molecule has 0 saturated carbocycles. The maximum absolute atomic E-state index is 10.5. The number of aldehydes is 1. The van der Waals surface area contributed by atoms with E-state index in [4.69, 9.17) is 5.11 Å². The zero-order chi connectivity index (χ0) is 9.56. The fourth-order valence-corrected chi connectivity index (χ4v) is 0.531. The SMILES string of the molecule is C#CC(=O)N[C@H](C=O)CC(=O)O. The van der Waals surface area contributed by atoms with Crippen molar-refractivity contribution in [3.8, 4) is 12.3 Å². The third-order valence-electron chi connectivity index (χ3n) is 1.01. The number of carboxylic acids is 1.